The predicted molar refractivity (Wildman–Crippen MR) is 126 cm³/mol. The maximum absolute atomic E-state index is 13.0. The molecule has 10 nitrogen and oxygen atoms in total. The minimum atomic E-state index is -3.33. The third kappa shape index (κ3) is 4.16. The Labute approximate surface area is 194 Å². The molecule has 0 saturated carbocycles. The topological polar surface area (TPSA) is 124 Å². The summed E-state index contributed by atoms with van der Waals surface area (Å²) < 4.78 is 26.6. The Kier molecular flexibility index (Phi) is 5.17. The van der Waals surface area contributed by atoms with Gasteiger partial charge in [0.05, 0.1) is 10.6 Å². The zero-order chi connectivity index (χ0) is 23.9. The highest BCUT2D eigenvalue weighted by atomic mass is 32.2. The van der Waals surface area contributed by atoms with Crippen LogP contribution in [-0.2, 0) is 9.84 Å². The average molecular weight is 474 g/mol. The number of fused-ring (bicyclic) bond motifs is 1. The summed E-state index contributed by atoms with van der Waals surface area (Å²) in [6.07, 6.45) is 4.40. The summed E-state index contributed by atoms with van der Waals surface area (Å²) in [6, 6.07) is 16.9. The molecular formula is C23H19N7O3S. The molecule has 0 aliphatic rings. The van der Waals surface area contributed by atoms with Crippen LogP contribution in [0.3, 0.4) is 0 Å². The SMILES string of the molecule is Cc1cccc(-n2nc(C(=O)Nc3ccc(S(C)(=O)=O)cc3)cc2-c2ccc3ncnn3c2)n1. The number of hydrogen-bond donors (Lipinski definition) is 1. The van der Waals surface area contributed by atoms with Gasteiger partial charge in [-0.05, 0) is 61.5 Å². The number of carbonyl (C=O) groups is 1. The van der Waals surface area contributed by atoms with Crippen molar-refractivity contribution in [3.8, 4) is 17.1 Å². The number of amides is 1. The lowest BCUT2D eigenvalue weighted by atomic mass is 10.2. The van der Waals surface area contributed by atoms with E-state index in [-0.39, 0.29) is 10.6 Å². The van der Waals surface area contributed by atoms with E-state index in [4.69, 9.17) is 0 Å². The van der Waals surface area contributed by atoms with Crippen LogP contribution in [-0.4, -0.2) is 49.9 Å². The Morgan fingerprint density at radius 1 is 1.03 bits per heavy atom. The van der Waals surface area contributed by atoms with Gasteiger partial charge in [0.1, 0.15) is 6.33 Å². The number of carbonyl (C=O) groups excluding carboxylic acids is 1. The van der Waals surface area contributed by atoms with Crippen molar-refractivity contribution in [1.82, 2.24) is 29.4 Å². The molecule has 1 N–H and O–H groups in total. The zero-order valence-electron chi connectivity index (χ0n) is 18.2. The normalized spacial score (nSPS) is 11.6. The van der Waals surface area contributed by atoms with Gasteiger partial charge in [-0.2, -0.15) is 10.2 Å². The van der Waals surface area contributed by atoms with Crippen molar-refractivity contribution in [3.05, 3.63) is 84.6 Å². The molecule has 0 bridgehead atoms. The number of rotatable bonds is 5. The van der Waals surface area contributed by atoms with Crippen molar-refractivity contribution in [2.24, 2.45) is 0 Å². The zero-order valence-corrected chi connectivity index (χ0v) is 19.1. The van der Waals surface area contributed by atoms with E-state index >= 15 is 0 Å². The van der Waals surface area contributed by atoms with Crippen molar-refractivity contribution in [3.63, 3.8) is 0 Å². The van der Waals surface area contributed by atoms with Crippen molar-refractivity contribution in [2.45, 2.75) is 11.8 Å². The molecule has 0 aliphatic heterocycles. The third-order valence-electron chi connectivity index (χ3n) is 5.14. The van der Waals surface area contributed by atoms with Crippen LogP contribution in [0.1, 0.15) is 16.2 Å². The van der Waals surface area contributed by atoms with E-state index in [0.29, 0.717) is 22.8 Å². The van der Waals surface area contributed by atoms with Gasteiger partial charge in [0, 0.05) is 29.4 Å². The van der Waals surface area contributed by atoms with Gasteiger partial charge in [0.25, 0.3) is 5.91 Å². The second-order valence-corrected chi connectivity index (χ2v) is 9.71. The number of anilines is 1. The number of nitrogens with zero attached hydrogens (tertiary/aromatic N) is 6. The minimum absolute atomic E-state index is 0.171. The van der Waals surface area contributed by atoms with E-state index in [1.807, 2.05) is 37.3 Å². The molecule has 0 unspecified atom stereocenters. The highest BCUT2D eigenvalue weighted by molar-refractivity contribution is 7.90. The Bertz CT molecular complexity index is 1640. The Morgan fingerprint density at radius 2 is 1.82 bits per heavy atom. The van der Waals surface area contributed by atoms with Crippen molar-refractivity contribution in [2.75, 3.05) is 11.6 Å². The molecular weight excluding hydrogens is 454 g/mol. The standard InChI is InChI=1S/C23H19N7O3S/c1-15-4-3-5-22(26-15)30-20(16-6-11-21-24-14-25-29(21)13-16)12-19(28-30)23(31)27-17-7-9-18(10-8-17)34(2,32)33/h3-14H,1-2H3,(H,27,31). The Morgan fingerprint density at radius 3 is 2.56 bits per heavy atom. The fourth-order valence-corrected chi connectivity index (χ4v) is 4.10. The highest BCUT2D eigenvalue weighted by Gasteiger charge is 2.19. The lowest BCUT2D eigenvalue weighted by Gasteiger charge is -2.07. The molecule has 11 heteroatoms. The molecule has 1 amide bonds. The number of benzene rings is 1. The largest absolute Gasteiger partial charge is 0.321 e. The summed E-state index contributed by atoms with van der Waals surface area (Å²) in [5.74, 6) is 0.117. The molecule has 34 heavy (non-hydrogen) atoms. The monoisotopic (exact) mass is 473 g/mol. The van der Waals surface area contributed by atoms with Gasteiger partial charge in [0.15, 0.2) is 27.0 Å². The van der Waals surface area contributed by atoms with Crippen LogP contribution < -0.4 is 5.32 Å². The van der Waals surface area contributed by atoms with Gasteiger partial charge in [0.2, 0.25) is 0 Å². The molecule has 4 aromatic heterocycles. The first-order chi connectivity index (χ1) is 16.3. The fraction of sp³-hybridized carbons (Fsp3) is 0.0870. The molecule has 1 aromatic carbocycles. The van der Waals surface area contributed by atoms with Crippen LogP contribution in [0, 0.1) is 6.92 Å². The van der Waals surface area contributed by atoms with Crippen LogP contribution >= 0.6 is 0 Å². The molecule has 0 aliphatic carbocycles. The molecule has 0 saturated heterocycles. The van der Waals surface area contributed by atoms with Crippen LogP contribution in [0.25, 0.3) is 22.7 Å². The summed E-state index contributed by atoms with van der Waals surface area (Å²) in [7, 11) is -3.33. The second kappa shape index (κ2) is 8.19. The van der Waals surface area contributed by atoms with Gasteiger partial charge < -0.3 is 5.32 Å². The van der Waals surface area contributed by atoms with Crippen LogP contribution in [0.4, 0.5) is 5.69 Å². The van der Waals surface area contributed by atoms with E-state index in [2.05, 4.69) is 25.5 Å². The summed E-state index contributed by atoms with van der Waals surface area (Å²) >= 11 is 0. The van der Waals surface area contributed by atoms with Crippen LogP contribution in [0.5, 0.6) is 0 Å². The number of aryl methyl sites for hydroxylation is 1. The van der Waals surface area contributed by atoms with Gasteiger partial charge >= 0.3 is 0 Å². The fourth-order valence-electron chi connectivity index (χ4n) is 3.47. The average Bonchev–Trinajstić information content (AvgIpc) is 3.46. The molecule has 170 valence electrons. The van der Waals surface area contributed by atoms with Crippen LogP contribution in [0.15, 0.2) is 78.1 Å². The summed E-state index contributed by atoms with van der Waals surface area (Å²) in [4.78, 5) is 21.9. The second-order valence-electron chi connectivity index (χ2n) is 7.70. The first kappa shape index (κ1) is 21.5. The van der Waals surface area contributed by atoms with Gasteiger partial charge in [-0.25, -0.2) is 27.6 Å². The van der Waals surface area contributed by atoms with E-state index in [1.165, 1.54) is 30.6 Å². The van der Waals surface area contributed by atoms with Crippen molar-refractivity contribution >= 4 is 27.1 Å². The van der Waals surface area contributed by atoms with Gasteiger partial charge in [-0.1, -0.05) is 6.07 Å². The van der Waals surface area contributed by atoms with E-state index in [9.17, 15) is 13.2 Å². The first-order valence-electron chi connectivity index (χ1n) is 10.2. The number of aromatic nitrogens is 6. The number of hydrogen-bond acceptors (Lipinski definition) is 7. The number of sulfone groups is 1. The summed E-state index contributed by atoms with van der Waals surface area (Å²) in [5.41, 5.74) is 3.54. The number of pyridine rings is 2. The molecule has 4 heterocycles. The molecule has 0 atom stereocenters. The maximum Gasteiger partial charge on any atom is 0.276 e. The summed E-state index contributed by atoms with van der Waals surface area (Å²) in [6.45, 7) is 1.88. The minimum Gasteiger partial charge on any atom is -0.321 e. The smallest absolute Gasteiger partial charge is 0.276 e. The molecule has 5 aromatic rings. The molecule has 5 rings (SSSR count). The number of nitrogens with one attached hydrogen (secondary N) is 1. The van der Waals surface area contributed by atoms with Crippen molar-refractivity contribution < 1.29 is 13.2 Å². The van der Waals surface area contributed by atoms with Crippen LogP contribution in [0.2, 0.25) is 0 Å². The lowest BCUT2D eigenvalue weighted by Crippen LogP contribution is -2.13. The Balaban J connectivity index is 1.54. The van der Waals surface area contributed by atoms with E-state index < -0.39 is 15.7 Å². The van der Waals surface area contributed by atoms with E-state index in [1.54, 1.807) is 21.5 Å². The Hall–Kier alpha value is -4.38. The third-order valence-corrected chi connectivity index (χ3v) is 6.27. The first-order valence-corrected chi connectivity index (χ1v) is 12.1. The molecule has 0 fully saturated rings. The van der Waals surface area contributed by atoms with Gasteiger partial charge in [-0.15, -0.1) is 0 Å². The maximum atomic E-state index is 13.0. The lowest BCUT2D eigenvalue weighted by molar-refractivity contribution is 0.102. The highest BCUT2D eigenvalue weighted by Crippen LogP contribution is 2.25. The summed E-state index contributed by atoms with van der Waals surface area (Å²) in [5, 5.41) is 11.5. The predicted octanol–water partition coefficient (Wildman–Crippen LogP) is 2.94. The quantitative estimate of drug-likeness (QED) is 0.416. The van der Waals surface area contributed by atoms with E-state index in [0.717, 1.165) is 17.5 Å². The molecule has 0 spiro atoms. The van der Waals surface area contributed by atoms with Crippen molar-refractivity contribution in [1.29, 1.82) is 0 Å². The van der Waals surface area contributed by atoms with Gasteiger partial charge in [-0.3, -0.25) is 4.79 Å². The molecule has 0 radical (unpaired) electrons.